The van der Waals surface area contributed by atoms with Crippen LogP contribution in [0.2, 0.25) is 0 Å². The first-order chi connectivity index (χ1) is 10.2. The topological polar surface area (TPSA) is 88.1 Å². The first-order valence-corrected chi connectivity index (χ1v) is 6.54. The minimum absolute atomic E-state index is 0.104. The molecule has 6 heteroatoms. The number of nitriles is 1. The van der Waals surface area contributed by atoms with Crippen LogP contribution in [0.5, 0.6) is 5.75 Å². The van der Waals surface area contributed by atoms with Crippen molar-refractivity contribution < 1.29 is 13.9 Å². The molecule has 108 valence electrons. The third-order valence-electron chi connectivity index (χ3n) is 2.74. The second kappa shape index (κ2) is 7.10. The molecule has 0 radical (unpaired) electrons. The first-order valence-electron chi connectivity index (χ1n) is 6.54. The number of ether oxygens (including phenoxy) is 1. The number of amides is 1. The molecule has 1 amide bonds. The zero-order chi connectivity index (χ0) is 15.1. The van der Waals surface area contributed by atoms with Gasteiger partial charge in [0, 0.05) is 6.42 Å². The summed E-state index contributed by atoms with van der Waals surface area (Å²) in [6, 6.07) is 8.57. The molecule has 0 bridgehead atoms. The Morgan fingerprint density at radius 2 is 2.19 bits per heavy atom. The van der Waals surface area contributed by atoms with E-state index in [2.05, 4.69) is 10.3 Å². The van der Waals surface area contributed by atoms with Gasteiger partial charge in [0.2, 0.25) is 5.89 Å². The maximum atomic E-state index is 11.6. The Morgan fingerprint density at radius 3 is 2.81 bits per heavy atom. The quantitative estimate of drug-likeness (QED) is 0.874. The molecule has 2 rings (SSSR count). The standard InChI is InChI=1S/C15H15N3O3/c1-2-12-8-18-15(21-12)9-17-14(19)10-20-13-5-3-11(7-16)4-6-13/h3-6,8H,2,9-10H2,1H3,(H,17,19). The fourth-order valence-electron chi connectivity index (χ4n) is 1.59. The maximum absolute atomic E-state index is 11.6. The van der Waals surface area contributed by atoms with Crippen LogP contribution in [0, 0.1) is 11.3 Å². The molecule has 0 aliphatic heterocycles. The van der Waals surface area contributed by atoms with Crippen LogP contribution in [0.3, 0.4) is 0 Å². The molecule has 1 aromatic heterocycles. The molecular formula is C15H15N3O3. The number of carbonyl (C=O) groups is 1. The smallest absolute Gasteiger partial charge is 0.258 e. The zero-order valence-corrected chi connectivity index (χ0v) is 11.6. The van der Waals surface area contributed by atoms with Crippen molar-refractivity contribution in [1.29, 1.82) is 5.26 Å². The monoisotopic (exact) mass is 285 g/mol. The van der Waals surface area contributed by atoms with E-state index < -0.39 is 0 Å². The molecular weight excluding hydrogens is 270 g/mol. The van der Waals surface area contributed by atoms with Gasteiger partial charge in [0.1, 0.15) is 11.5 Å². The van der Waals surface area contributed by atoms with Crippen LogP contribution in [0.15, 0.2) is 34.9 Å². The van der Waals surface area contributed by atoms with Gasteiger partial charge in [0.25, 0.3) is 5.91 Å². The summed E-state index contributed by atoms with van der Waals surface area (Å²) in [7, 11) is 0. The Balaban J connectivity index is 1.75. The molecule has 1 heterocycles. The van der Waals surface area contributed by atoms with Crippen molar-refractivity contribution in [3.8, 4) is 11.8 Å². The predicted octanol–water partition coefficient (Wildman–Crippen LogP) is 1.80. The Bertz CT molecular complexity index is 641. The van der Waals surface area contributed by atoms with Gasteiger partial charge in [-0.15, -0.1) is 0 Å². The van der Waals surface area contributed by atoms with Crippen LogP contribution in [0.25, 0.3) is 0 Å². The van der Waals surface area contributed by atoms with Gasteiger partial charge < -0.3 is 14.5 Å². The number of hydrogen-bond donors (Lipinski definition) is 1. The lowest BCUT2D eigenvalue weighted by atomic mass is 10.2. The van der Waals surface area contributed by atoms with E-state index in [-0.39, 0.29) is 19.1 Å². The minimum Gasteiger partial charge on any atom is -0.484 e. The van der Waals surface area contributed by atoms with E-state index in [4.69, 9.17) is 14.4 Å². The van der Waals surface area contributed by atoms with Gasteiger partial charge in [-0.05, 0) is 24.3 Å². The summed E-state index contributed by atoms with van der Waals surface area (Å²) in [4.78, 5) is 15.7. The summed E-state index contributed by atoms with van der Waals surface area (Å²) in [5.41, 5.74) is 0.544. The van der Waals surface area contributed by atoms with Crippen LogP contribution in [-0.4, -0.2) is 17.5 Å². The zero-order valence-electron chi connectivity index (χ0n) is 11.6. The molecule has 21 heavy (non-hydrogen) atoms. The highest BCUT2D eigenvalue weighted by Gasteiger charge is 2.06. The number of rotatable bonds is 6. The van der Waals surface area contributed by atoms with Crippen molar-refractivity contribution >= 4 is 5.91 Å². The lowest BCUT2D eigenvalue weighted by molar-refractivity contribution is -0.123. The van der Waals surface area contributed by atoms with Gasteiger partial charge in [-0.3, -0.25) is 4.79 Å². The second-order valence-electron chi connectivity index (χ2n) is 4.28. The van der Waals surface area contributed by atoms with E-state index in [9.17, 15) is 4.79 Å². The summed E-state index contributed by atoms with van der Waals surface area (Å²) < 4.78 is 10.7. The molecule has 0 aliphatic rings. The van der Waals surface area contributed by atoms with E-state index in [0.29, 0.717) is 17.2 Å². The average Bonchev–Trinajstić information content (AvgIpc) is 2.99. The number of nitrogens with one attached hydrogen (secondary N) is 1. The molecule has 0 spiro atoms. The van der Waals surface area contributed by atoms with Crippen molar-refractivity contribution in [2.45, 2.75) is 19.9 Å². The van der Waals surface area contributed by atoms with E-state index in [1.165, 1.54) is 0 Å². The maximum Gasteiger partial charge on any atom is 0.258 e. The molecule has 1 N–H and O–H groups in total. The van der Waals surface area contributed by atoms with Crippen LogP contribution in [0.4, 0.5) is 0 Å². The second-order valence-corrected chi connectivity index (χ2v) is 4.28. The SMILES string of the molecule is CCc1cnc(CNC(=O)COc2ccc(C#N)cc2)o1. The summed E-state index contributed by atoms with van der Waals surface area (Å²) in [5.74, 6) is 1.52. The Kier molecular flexibility index (Phi) is 4.94. The van der Waals surface area contributed by atoms with E-state index in [1.807, 2.05) is 13.0 Å². The third-order valence-corrected chi connectivity index (χ3v) is 2.74. The number of benzene rings is 1. The summed E-state index contributed by atoms with van der Waals surface area (Å²) >= 11 is 0. The van der Waals surface area contributed by atoms with Gasteiger partial charge in [-0.1, -0.05) is 6.92 Å². The number of aryl methyl sites for hydroxylation is 1. The Morgan fingerprint density at radius 1 is 1.43 bits per heavy atom. The molecule has 0 unspecified atom stereocenters. The molecule has 1 aromatic carbocycles. The van der Waals surface area contributed by atoms with Crippen LogP contribution in [0.1, 0.15) is 24.1 Å². The molecule has 0 saturated carbocycles. The largest absolute Gasteiger partial charge is 0.484 e. The molecule has 0 atom stereocenters. The molecule has 0 aliphatic carbocycles. The van der Waals surface area contributed by atoms with Crippen molar-refractivity contribution in [3.05, 3.63) is 47.7 Å². The highest BCUT2D eigenvalue weighted by Crippen LogP contribution is 2.11. The highest BCUT2D eigenvalue weighted by atomic mass is 16.5. The fourth-order valence-corrected chi connectivity index (χ4v) is 1.59. The Labute approximate surface area is 122 Å². The summed E-state index contributed by atoms with van der Waals surface area (Å²) in [5, 5.41) is 11.3. The van der Waals surface area contributed by atoms with Gasteiger partial charge >= 0.3 is 0 Å². The predicted molar refractivity (Wildman–Crippen MR) is 74.4 cm³/mol. The highest BCUT2D eigenvalue weighted by molar-refractivity contribution is 5.77. The molecule has 0 saturated heterocycles. The van der Waals surface area contributed by atoms with Crippen molar-refractivity contribution in [2.75, 3.05) is 6.61 Å². The van der Waals surface area contributed by atoms with Crippen molar-refractivity contribution in [2.24, 2.45) is 0 Å². The van der Waals surface area contributed by atoms with Crippen LogP contribution in [-0.2, 0) is 17.8 Å². The fraction of sp³-hybridized carbons (Fsp3) is 0.267. The number of hydrogen-bond acceptors (Lipinski definition) is 5. The van der Waals surface area contributed by atoms with Gasteiger partial charge in [-0.2, -0.15) is 5.26 Å². The first kappa shape index (κ1) is 14.6. The normalized spacial score (nSPS) is 9.90. The van der Waals surface area contributed by atoms with Crippen molar-refractivity contribution in [1.82, 2.24) is 10.3 Å². The van der Waals surface area contributed by atoms with Crippen LogP contribution >= 0.6 is 0 Å². The molecule has 0 fully saturated rings. The van der Waals surface area contributed by atoms with Gasteiger partial charge in [0.05, 0.1) is 24.4 Å². The van der Waals surface area contributed by atoms with Gasteiger partial charge in [0.15, 0.2) is 6.61 Å². The number of nitrogens with zero attached hydrogens (tertiary/aromatic N) is 2. The summed E-state index contributed by atoms with van der Waals surface area (Å²) in [6.45, 7) is 2.09. The van der Waals surface area contributed by atoms with E-state index in [0.717, 1.165) is 12.2 Å². The van der Waals surface area contributed by atoms with Crippen molar-refractivity contribution in [3.63, 3.8) is 0 Å². The lowest BCUT2D eigenvalue weighted by Crippen LogP contribution is -2.28. The Hall–Kier alpha value is -2.81. The average molecular weight is 285 g/mol. The van der Waals surface area contributed by atoms with Crippen LogP contribution < -0.4 is 10.1 Å². The van der Waals surface area contributed by atoms with E-state index >= 15 is 0 Å². The number of oxazole rings is 1. The van der Waals surface area contributed by atoms with Gasteiger partial charge in [-0.25, -0.2) is 4.98 Å². The lowest BCUT2D eigenvalue weighted by Gasteiger charge is -2.06. The van der Waals surface area contributed by atoms with E-state index in [1.54, 1.807) is 30.5 Å². The molecule has 2 aromatic rings. The summed E-state index contributed by atoms with van der Waals surface area (Å²) in [6.07, 6.45) is 2.41. The molecule has 6 nitrogen and oxygen atoms in total. The number of carbonyl (C=O) groups excluding carboxylic acids is 1. The number of aromatic nitrogens is 1. The third kappa shape index (κ3) is 4.35. The minimum atomic E-state index is -0.268.